The summed E-state index contributed by atoms with van der Waals surface area (Å²) in [6.07, 6.45) is 1.09. The van der Waals surface area contributed by atoms with Gasteiger partial charge >= 0.3 is 0 Å². The van der Waals surface area contributed by atoms with E-state index in [9.17, 15) is 5.11 Å². The third-order valence-corrected chi connectivity index (χ3v) is 3.14. The van der Waals surface area contributed by atoms with Crippen LogP contribution in [0.3, 0.4) is 0 Å². The van der Waals surface area contributed by atoms with Gasteiger partial charge in [0.25, 0.3) is 0 Å². The van der Waals surface area contributed by atoms with Gasteiger partial charge in [-0.3, -0.25) is 0 Å². The lowest BCUT2D eigenvalue weighted by molar-refractivity contribution is 0.454. The van der Waals surface area contributed by atoms with Gasteiger partial charge in [0.05, 0.1) is 4.47 Å². The first-order valence-corrected chi connectivity index (χ1v) is 6.05. The zero-order chi connectivity index (χ0) is 11.4. The van der Waals surface area contributed by atoms with E-state index < -0.39 is 0 Å². The predicted octanol–water partition coefficient (Wildman–Crippen LogP) is 3.35. The van der Waals surface area contributed by atoms with Crippen molar-refractivity contribution >= 4 is 15.9 Å². The molecule has 0 aliphatic rings. The second-order valence-corrected chi connectivity index (χ2v) is 4.80. The van der Waals surface area contributed by atoms with Crippen LogP contribution in [0.15, 0.2) is 16.6 Å². The van der Waals surface area contributed by atoms with Crippen LogP contribution in [0.2, 0.25) is 0 Å². The normalized spacial score (nSPS) is 12.8. The Labute approximate surface area is 99.8 Å². The van der Waals surface area contributed by atoms with Crippen LogP contribution in [0.5, 0.6) is 5.75 Å². The monoisotopic (exact) mass is 271 g/mol. The van der Waals surface area contributed by atoms with E-state index in [-0.39, 0.29) is 0 Å². The molecule has 0 saturated heterocycles. The largest absolute Gasteiger partial charge is 0.506 e. The van der Waals surface area contributed by atoms with Crippen molar-refractivity contribution in [2.24, 2.45) is 0 Å². The van der Waals surface area contributed by atoms with E-state index in [0.717, 1.165) is 22.0 Å². The minimum Gasteiger partial charge on any atom is -0.506 e. The second-order valence-electron chi connectivity index (χ2n) is 3.94. The predicted molar refractivity (Wildman–Crippen MR) is 67.1 cm³/mol. The highest BCUT2D eigenvalue weighted by Gasteiger charge is 2.07. The van der Waals surface area contributed by atoms with Crippen LogP contribution < -0.4 is 5.32 Å². The Morgan fingerprint density at radius 2 is 2.13 bits per heavy atom. The average Bonchev–Trinajstić information content (AvgIpc) is 2.20. The fraction of sp³-hybridized carbons (Fsp3) is 0.500. The number of hydrogen-bond acceptors (Lipinski definition) is 2. The molecule has 15 heavy (non-hydrogen) atoms. The Hall–Kier alpha value is -0.540. The van der Waals surface area contributed by atoms with Gasteiger partial charge in [-0.25, -0.2) is 0 Å². The molecule has 0 heterocycles. The fourth-order valence-corrected chi connectivity index (χ4v) is 1.99. The smallest absolute Gasteiger partial charge is 0.134 e. The number of halogens is 1. The first-order valence-electron chi connectivity index (χ1n) is 5.26. The van der Waals surface area contributed by atoms with Gasteiger partial charge in [-0.05, 0) is 47.8 Å². The lowest BCUT2D eigenvalue weighted by Gasteiger charge is -2.13. The van der Waals surface area contributed by atoms with Gasteiger partial charge in [-0.1, -0.05) is 13.0 Å². The molecule has 1 unspecified atom stereocenters. The SMILES string of the molecule is CCC(C)NCc1cc(C)cc(Br)c1O. The maximum absolute atomic E-state index is 9.82. The molecule has 0 aromatic heterocycles. The fourth-order valence-electron chi connectivity index (χ4n) is 1.37. The third kappa shape index (κ3) is 3.50. The highest BCUT2D eigenvalue weighted by molar-refractivity contribution is 9.10. The van der Waals surface area contributed by atoms with Crippen molar-refractivity contribution in [3.05, 3.63) is 27.7 Å². The van der Waals surface area contributed by atoms with Crippen molar-refractivity contribution < 1.29 is 5.11 Å². The van der Waals surface area contributed by atoms with E-state index in [1.807, 2.05) is 19.1 Å². The summed E-state index contributed by atoms with van der Waals surface area (Å²) in [5.74, 6) is 0.344. The van der Waals surface area contributed by atoms with Crippen molar-refractivity contribution in [2.45, 2.75) is 39.8 Å². The number of aromatic hydroxyl groups is 1. The molecule has 2 N–H and O–H groups in total. The molecular formula is C12H18BrNO. The molecule has 0 spiro atoms. The second kappa shape index (κ2) is 5.52. The number of hydrogen-bond donors (Lipinski definition) is 2. The molecule has 84 valence electrons. The zero-order valence-corrected chi connectivity index (χ0v) is 11.1. The highest BCUT2D eigenvalue weighted by atomic mass is 79.9. The number of aryl methyl sites for hydroxylation is 1. The van der Waals surface area contributed by atoms with Gasteiger partial charge in [0.15, 0.2) is 0 Å². The summed E-state index contributed by atoms with van der Waals surface area (Å²) in [6, 6.07) is 4.40. The summed E-state index contributed by atoms with van der Waals surface area (Å²) in [6.45, 7) is 7.02. The highest BCUT2D eigenvalue weighted by Crippen LogP contribution is 2.29. The number of phenols is 1. The van der Waals surface area contributed by atoms with Gasteiger partial charge in [0.2, 0.25) is 0 Å². The topological polar surface area (TPSA) is 32.3 Å². The molecule has 3 heteroatoms. The quantitative estimate of drug-likeness (QED) is 0.881. The molecule has 0 amide bonds. The summed E-state index contributed by atoms with van der Waals surface area (Å²) in [7, 11) is 0. The van der Waals surface area contributed by atoms with Crippen molar-refractivity contribution in [3.8, 4) is 5.75 Å². The Balaban J connectivity index is 2.76. The molecule has 0 radical (unpaired) electrons. The number of rotatable bonds is 4. The van der Waals surface area contributed by atoms with Crippen LogP contribution in [0.4, 0.5) is 0 Å². The lowest BCUT2D eigenvalue weighted by Crippen LogP contribution is -2.24. The van der Waals surface area contributed by atoms with Crippen LogP contribution in [-0.4, -0.2) is 11.1 Å². The molecule has 1 rings (SSSR count). The maximum Gasteiger partial charge on any atom is 0.134 e. The van der Waals surface area contributed by atoms with E-state index in [4.69, 9.17) is 0 Å². The van der Waals surface area contributed by atoms with E-state index in [0.29, 0.717) is 18.3 Å². The molecule has 0 fully saturated rings. The number of benzene rings is 1. The molecule has 0 saturated carbocycles. The van der Waals surface area contributed by atoms with Crippen LogP contribution in [0, 0.1) is 6.92 Å². The molecule has 0 bridgehead atoms. The van der Waals surface area contributed by atoms with Gasteiger partial charge in [-0.2, -0.15) is 0 Å². The molecule has 0 aliphatic carbocycles. The van der Waals surface area contributed by atoms with E-state index >= 15 is 0 Å². The van der Waals surface area contributed by atoms with Crippen molar-refractivity contribution in [1.29, 1.82) is 0 Å². The van der Waals surface area contributed by atoms with Gasteiger partial charge in [0.1, 0.15) is 5.75 Å². The summed E-state index contributed by atoms with van der Waals surface area (Å²) < 4.78 is 0.767. The summed E-state index contributed by atoms with van der Waals surface area (Å²) >= 11 is 3.34. The molecule has 1 aromatic carbocycles. The van der Waals surface area contributed by atoms with Gasteiger partial charge in [-0.15, -0.1) is 0 Å². The Kier molecular flexibility index (Phi) is 4.61. The Bertz CT molecular complexity index is 339. The van der Waals surface area contributed by atoms with Crippen molar-refractivity contribution in [1.82, 2.24) is 5.32 Å². The number of phenolic OH excluding ortho intramolecular Hbond substituents is 1. The molecule has 1 aromatic rings. The summed E-state index contributed by atoms with van der Waals surface area (Å²) in [5.41, 5.74) is 2.10. The van der Waals surface area contributed by atoms with Crippen molar-refractivity contribution in [2.75, 3.05) is 0 Å². The Morgan fingerprint density at radius 1 is 1.47 bits per heavy atom. The molecule has 2 nitrogen and oxygen atoms in total. The van der Waals surface area contributed by atoms with Gasteiger partial charge in [0, 0.05) is 18.2 Å². The van der Waals surface area contributed by atoms with E-state index in [1.165, 1.54) is 0 Å². The van der Waals surface area contributed by atoms with Crippen molar-refractivity contribution in [3.63, 3.8) is 0 Å². The van der Waals surface area contributed by atoms with Crippen LogP contribution in [0.1, 0.15) is 31.4 Å². The minimum atomic E-state index is 0.344. The van der Waals surface area contributed by atoms with Crippen LogP contribution in [0.25, 0.3) is 0 Å². The standard InChI is InChI=1S/C12H18BrNO/c1-4-9(3)14-7-10-5-8(2)6-11(13)12(10)15/h5-6,9,14-15H,4,7H2,1-3H3. The zero-order valence-electron chi connectivity index (χ0n) is 9.47. The van der Waals surface area contributed by atoms with Crippen LogP contribution in [-0.2, 0) is 6.54 Å². The number of nitrogens with one attached hydrogen (secondary N) is 1. The first-order chi connectivity index (χ1) is 7.04. The van der Waals surface area contributed by atoms with Gasteiger partial charge < -0.3 is 10.4 Å². The molecular weight excluding hydrogens is 254 g/mol. The third-order valence-electron chi connectivity index (χ3n) is 2.54. The molecule has 0 aliphatic heterocycles. The minimum absolute atomic E-state index is 0.344. The Morgan fingerprint density at radius 3 is 2.73 bits per heavy atom. The summed E-state index contributed by atoms with van der Waals surface area (Å²) in [5, 5.41) is 13.2. The average molecular weight is 272 g/mol. The first kappa shape index (κ1) is 12.5. The maximum atomic E-state index is 9.82. The van der Waals surface area contributed by atoms with E-state index in [2.05, 4.69) is 35.1 Å². The summed E-state index contributed by atoms with van der Waals surface area (Å²) in [4.78, 5) is 0. The molecule has 1 atom stereocenters. The van der Waals surface area contributed by atoms with Crippen LogP contribution >= 0.6 is 15.9 Å². The lowest BCUT2D eigenvalue weighted by atomic mass is 10.1. The van der Waals surface area contributed by atoms with E-state index in [1.54, 1.807) is 0 Å².